The minimum absolute atomic E-state index is 0.106. The van der Waals surface area contributed by atoms with Gasteiger partial charge in [0.2, 0.25) is 0 Å². The fraction of sp³-hybridized carbons (Fsp3) is 0.333. The molecule has 2 N–H and O–H groups in total. The second-order valence-corrected chi connectivity index (χ2v) is 3.52. The van der Waals surface area contributed by atoms with Gasteiger partial charge >= 0.3 is 0 Å². The van der Waals surface area contributed by atoms with Gasteiger partial charge in [-0.25, -0.2) is 0 Å². The molecule has 1 aromatic carbocycles. The van der Waals surface area contributed by atoms with E-state index in [0.717, 1.165) is 5.56 Å². The van der Waals surface area contributed by atoms with Gasteiger partial charge in [-0.2, -0.15) is 5.26 Å². The van der Waals surface area contributed by atoms with Crippen LogP contribution in [0.2, 0.25) is 0 Å². The van der Waals surface area contributed by atoms with Crippen molar-refractivity contribution in [1.29, 1.82) is 5.26 Å². The quantitative estimate of drug-likeness (QED) is 0.777. The first-order valence-electron chi connectivity index (χ1n) is 4.88. The number of aliphatic hydroxyl groups excluding tert-OH is 1. The van der Waals surface area contributed by atoms with Crippen molar-refractivity contribution in [2.24, 2.45) is 0 Å². The highest BCUT2D eigenvalue weighted by atomic mass is 16.3. The van der Waals surface area contributed by atoms with Crippen molar-refractivity contribution >= 4 is 0 Å². The molecule has 2 atom stereocenters. The molecule has 3 heteroatoms. The van der Waals surface area contributed by atoms with Crippen LogP contribution < -0.4 is 5.32 Å². The average molecular weight is 203 g/mol. The van der Waals surface area contributed by atoms with E-state index < -0.39 is 6.10 Å². The van der Waals surface area contributed by atoms with E-state index in [9.17, 15) is 0 Å². The van der Waals surface area contributed by atoms with Crippen LogP contribution >= 0.6 is 0 Å². The van der Waals surface area contributed by atoms with E-state index in [1.807, 2.05) is 25.1 Å². The zero-order valence-electron chi connectivity index (χ0n) is 8.77. The van der Waals surface area contributed by atoms with E-state index >= 15 is 0 Å². The first-order valence-corrected chi connectivity index (χ1v) is 4.88. The molecule has 0 amide bonds. The molecule has 0 aliphatic heterocycles. The van der Waals surface area contributed by atoms with Gasteiger partial charge in [0, 0.05) is 12.6 Å². The molecule has 0 bridgehead atoms. The van der Waals surface area contributed by atoms with Gasteiger partial charge in [-0.15, -0.1) is 0 Å². The number of hydrogen-bond acceptors (Lipinski definition) is 3. The standard InChI is InChI=1S/C12H15N2O/c1-9(15)8-14-10(2)12-5-3-4-11(6-12)7-13/h3-6,9-10,14-15H,1,8H2,2H3. The van der Waals surface area contributed by atoms with E-state index in [4.69, 9.17) is 10.4 Å². The zero-order valence-corrected chi connectivity index (χ0v) is 8.77. The Morgan fingerprint density at radius 2 is 2.33 bits per heavy atom. The maximum Gasteiger partial charge on any atom is 0.0991 e. The third kappa shape index (κ3) is 3.70. The van der Waals surface area contributed by atoms with Crippen LogP contribution in [0.25, 0.3) is 0 Å². The number of hydrogen-bond donors (Lipinski definition) is 2. The molecular weight excluding hydrogens is 188 g/mol. The molecule has 1 radical (unpaired) electrons. The predicted molar refractivity (Wildman–Crippen MR) is 58.9 cm³/mol. The van der Waals surface area contributed by atoms with Crippen LogP contribution in [0.1, 0.15) is 24.1 Å². The van der Waals surface area contributed by atoms with Gasteiger partial charge in [-0.3, -0.25) is 0 Å². The van der Waals surface area contributed by atoms with Crippen LogP contribution in [0.15, 0.2) is 24.3 Å². The fourth-order valence-electron chi connectivity index (χ4n) is 1.31. The summed E-state index contributed by atoms with van der Waals surface area (Å²) in [7, 11) is 0. The van der Waals surface area contributed by atoms with Crippen molar-refractivity contribution in [2.75, 3.05) is 6.54 Å². The SMILES string of the molecule is [CH2]C(O)CNC(C)c1cccc(C#N)c1. The average Bonchev–Trinajstić information content (AvgIpc) is 2.26. The Morgan fingerprint density at radius 3 is 2.93 bits per heavy atom. The summed E-state index contributed by atoms with van der Waals surface area (Å²) in [6, 6.07) is 9.62. The second-order valence-electron chi connectivity index (χ2n) is 3.52. The molecule has 1 aromatic rings. The third-order valence-corrected chi connectivity index (χ3v) is 2.18. The Kier molecular flexibility index (Phi) is 4.29. The van der Waals surface area contributed by atoms with Crippen LogP contribution in [0.4, 0.5) is 0 Å². The van der Waals surface area contributed by atoms with E-state index in [0.29, 0.717) is 12.1 Å². The lowest BCUT2D eigenvalue weighted by molar-refractivity contribution is 0.212. The van der Waals surface area contributed by atoms with E-state index in [2.05, 4.69) is 18.3 Å². The Hall–Kier alpha value is -1.37. The number of nitriles is 1. The molecular formula is C12H15N2O. The van der Waals surface area contributed by atoms with Crippen molar-refractivity contribution < 1.29 is 5.11 Å². The second kappa shape index (κ2) is 5.50. The largest absolute Gasteiger partial charge is 0.392 e. The molecule has 0 aliphatic rings. The topological polar surface area (TPSA) is 56.0 Å². The summed E-state index contributed by atoms with van der Waals surface area (Å²) >= 11 is 0. The van der Waals surface area contributed by atoms with E-state index in [-0.39, 0.29) is 6.04 Å². The Balaban J connectivity index is 2.65. The molecule has 0 saturated heterocycles. The molecule has 79 valence electrons. The van der Waals surface area contributed by atoms with Gasteiger partial charge in [0.05, 0.1) is 17.7 Å². The first kappa shape index (κ1) is 11.7. The fourth-order valence-corrected chi connectivity index (χ4v) is 1.31. The molecule has 0 saturated carbocycles. The summed E-state index contributed by atoms with van der Waals surface area (Å²) in [5, 5.41) is 20.9. The van der Waals surface area contributed by atoms with Crippen molar-refractivity contribution in [2.45, 2.75) is 19.1 Å². The summed E-state index contributed by atoms with van der Waals surface area (Å²) in [4.78, 5) is 0. The van der Waals surface area contributed by atoms with Gasteiger partial charge < -0.3 is 10.4 Å². The van der Waals surface area contributed by atoms with Crippen molar-refractivity contribution in [1.82, 2.24) is 5.32 Å². The van der Waals surface area contributed by atoms with Crippen molar-refractivity contribution in [3.05, 3.63) is 42.3 Å². The number of benzene rings is 1. The maximum atomic E-state index is 9.02. The van der Waals surface area contributed by atoms with Crippen molar-refractivity contribution in [3.8, 4) is 6.07 Å². The number of nitrogens with zero attached hydrogens (tertiary/aromatic N) is 1. The minimum atomic E-state index is -0.605. The van der Waals surface area contributed by atoms with Gasteiger partial charge in [-0.1, -0.05) is 12.1 Å². The lowest BCUT2D eigenvalue weighted by Gasteiger charge is -2.15. The number of aliphatic hydroxyl groups is 1. The van der Waals surface area contributed by atoms with Gasteiger partial charge in [0.1, 0.15) is 0 Å². The van der Waals surface area contributed by atoms with Crippen LogP contribution in [0.3, 0.4) is 0 Å². The lowest BCUT2D eigenvalue weighted by atomic mass is 10.1. The molecule has 0 spiro atoms. The van der Waals surface area contributed by atoms with Crippen LogP contribution in [-0.4, -0.2) is 17.8 Å². The molecule has 0 fully saturated rings. The van der Waals surface area contributed by atoms with Gasteiger partial charge in [0.25, 0.3) is 0 Å². The Bertz CT molecular complexity index is 355. The highest BCUT2D eigenvalue weighted by molar-refractivity contribution is 5.33. The maximum absolute atomic E-state index is 9.02. The Morgan fingerprint density at radius 1 is 1.60 bits per heavy atom. The minimum Gasteiger partial charge on any atom is -0.392 e. The monoisotopic (exact) mass is 203 g/mol. The normalized spacial score (nSPS) is 14.3. The molecule has 0 aliphatic carbocycles. The summed E-state index contributed by atoms with van der Waals surface area (Å²) < 4.78 is 0. The third-order valence-electron chi connectivity index (χ3n) is 2.18. The van der Waals surface area contributed by atoms with Crippen LogP contribution in [0.5, 0.6) is 0 Å². The molecule has 15 heavy (non-hydrogen) atoms. The predicted octanol–water partition coefficient (Wildman–Crippen LogP) is 1.40. The summed E-state index contributed by atoms with van der Waals surface area (Å²) in [5.74, 6) is 0. The lowest BCUT2D eigenvalue weighted by Crippen LogP contribution is -2.27. The van der Waals surface area contributed by atoms with Gasteiger partial charge in [-0.05, 0) is 31.5 Å². The van der Waals surface area contributed by atoms with E-state index in [1.165, 1.54) is 0 Å². The summed E-state index contributed by atoms with van der Waals surface area (Å²) in [6.07, 6.45) is -0.605. The summed E-state index contributed by atoms with van der Waals surface area (Å²) in [6.45, 7) is 5.91. The highest BCUT2D eigenvalue weighted by Gasteiger charge is 2.06. The Labute approximate surface area is 90.4 Å². The first-order chi connectivity index (χ1) is 7.13. The smallest absolute Gasteiger partial charge is 0.0991 e. The molecule has 3 nitrogen and oxygen atoms in total. The van der Waals surface area contributed by atoms with Crippen molar-refractivity contribution in [3.63, 3.8) is 0 Å². The van der Waals surface area contributed by atoms with Crippen LogP contribution in [0, 0.1) is 18.3 Å². The van der Waals surface area contributed by atoms with E-state index in [1.54, 1.807) is 6.07 Å². The molecule has 0 aromatic heterocycles. The molecule has 2 unspecified atom stereocenters. The highest BCUT2D eigenvalue weighted by Crippen LogP contribution is 2.13. The number of nitrogens with one attached hydrogen (secondary N) is 1. The zero-order chi connectivity index (χ0) is 11.3. The van der Waals surface area contributed by atoms with Gasteiger partial charge in [0.15, 0.2) is 0 Å². The summed E-state index contributed by atoms with van der Waals surface area (Å²) in [5.41, 5.74) is 1.69. The number of rotatable bonds is 4. The molecule has 1 rings (SSSR count). The van der Waals surface area contributed by atoms with Crippen LogP contribution in [-0.2, 0) is 0 Å². The molecule has 0 heterocycles.